The number of benzene rings is 2. The fourth-order valence-electron chi connectivity index (χ4n) is 2.32. The van der Waals surface area contributed by atoms with Crippen molar-refractivity contribution in [3.05, 3.63) is 59.7 Å². The van der Waals surface area contributed by atoms with Crippen molar-refractivity contribution >= 4 is 11.6 Å². The second kappa shape index (κ2) is 8.40. The zero-order valence-electron chi connectivity index (χ0n) is 13.7. The van der Waals surface area contributed by atoms with Gasteiger partial charge in [0.1, 0.15) is 12.3 Å². The molecule has 24 heavy (non-hydrogen) atoms. The maximum atomic E-state index is 12.1. The molecule has 0 spiro atoms. The summed E-state index contributed by atoms with van der Waals surface area (Å²) in [4.78, 5) is 13.1. The van der Waals surface area contributed by atoms with Gasteiger partial charge in [-0.3, -0.25) is 4.79 Å². The Morgan fingerprint density at radius 1 is 1.12 bits per heavy atom. The molecule has 1 unspecified atom stereocenters. The standard InChI is InChI=1S/C18H20F2N2O2/c1-13-3-5-14(6-4-13)11-22(2)12-17(23)21-15-7-9-16(10-8-15)24-18(19)20/h3-10,18H,11-12H2,1-2H3,(H,21,23)/p+1. The zero-order chi connectivity index (χ0) is 17.5. The van der Waals surface area contributed by atoms with Gasteiger partial charge in [-0.25, -0.2) is 0 Å². The number of amides is 1. The van der Waals surface area contributed by atoms with Gasteiger partial charge in [0.05, 0.1) is 7.05 Å². The van der Waals surface area contributed by atoms with E-state index in [0.717, 1.165) is 11.4 Å². The van der Waals surface area contributed by atoms with Crippen molar-refractivity contribution in [1.82, 2.24) is 0 Å². The third-order valence-electron chi connectivity index (χ3n) is 3.45. The highest BCUT2D eigenvalue weighted by atomic mass is 19.3. The lowest BCUT2D eigenvalue weighted by Gasteiger charge is -2.14. The molecule has 2 aromatic rings. The van der Waals surface area contributed by atoms with Crippen LogP contribution >= 0.6 is 0 Å². The molecule has 2 N–H and O–H groups in total. The van der Waals surface area contributed by atoms with Crippen LogP contribution in [-0.2, 0) is 11.3 Å². The number of carbonyl (C=O) groups excluding carboxylic acids is 1. The molecule has 0 saturated heterocycles. The highest BCUT2D eigenvalue weighted by Gasteiger charge is 2.11. The molecule has 6 heteroatoms. The van der Waals surface area contributed by atoms with E-state index < -0.39 is 6.61 Å². The summed E-state index contributed by atoms with van der Waals surface area (Å²) in [6, 6.07) is 14.1. The summed E-state index contributed by atoms with van der Waals surface area (Å²) < 4.78 is 28.4. The number of carbonyl (C=O) groups is 1. The number of ether oxygens (including phenoxy) is 1. The van der Waals surface area contributed by atoms with Crippen LogP contribution < -0.4 is 15.0 Å². The van der Waals surface area contributed by atoms with Crippen molar-refractivity contribution in [2.75, 3.05) is 18.9 Å². The van der Waals surface area contributed by atoms with Crippen molar-refractivity contribution in [2.45, 2.75) is 20.1 Å². The van der Waals surface area contributed by atoms with Crippen LogP contribution in [0.25, 0.3) is 0 Å². The molecule has 0 saturated carbocycles. The molecule has 0 aromatic heterocycles. The topological polar surface area (TPSA) is 42.8 Å². The maximum absolute atomic E-state index is 12.1. The number of quaternary nitrogens is 1. The first-order valence-corrected chi connectivity index (χ1v) is 7.64. The van der Waals surface area contributed by atoms with Gasteiger partial charge in [-0.05, 0) is 31.2 Å². The molecule has 0 aliphatic carbocycles. The molecule has 128 valence electrons. The molecule has 0 bridgehead atoms. The predicted octanol–water partition coefficient (Wildman–Crippen LogP) is 2.25. The van der Waals surface area contributed by atoms with E-state index in [4.69, 9.17) is 0 Å². The summed E-state index contributed by atoms with van der Waals surface area (Å²) in [5.74, 6) is -0.0766. The van der Waals surface area contributed by atoms with E-state index >= 15 is 0 Å². The summed E-state index contributed by atoms with van der Waals surface area (Å²) in [5.41, 5.74) is 2.91. The maximum Gasteiger partial charge on any atom is 0.387 e. The molecule has 1 atom stereocenters. The van der Waals surface area contributed by atoms with E-state index in [1.54, 1.807) is 0 Å². The van der Waals surface area contributed by atoms with Crippen LogP contribution in [0.3, 0.4) is 0 Å². The van der Waals surface area contributed by atoms with Crippen LogP contribution in [0.4, 0.5) is 14.5 Å². The number of alkyl halides is 2. The average Bonchev–Trinajstić information content (AvgIpc) is 2.51. The van der Waals surface area contributed by atoms with E-state index in [2.05, 4.69) is 22.2 Å². The Labute approximate surface area is 140 Å². The molecule has 1 amide bonds. The Hall–Kier alpha value is -2.47. The summed E-state index contributed by atoms with van der Waals surface area (Å²) in [5, 5.41) is 2.75. The minimum Gasteiger partial charge on any atom is -0.435 e. The Bertz CT molecular complexity index is 658. The average molecular weight is 335 g/mol. The van der Waals surface area contributed by atoms with Crippen molar-refractivity contribution < 1.29 is 23.2 Å². The Kier molecular flexibility index (Phi) is 6.26. The lowest BCUT2D eigenvalue weighted by molar-refractivity contribution is -0.885. The van der Waals surface area contributed by atoms with Gasteiger partial charge in [-0.15, -0.1) is 0 Å². The smallest absolute Gasteiger partial charge is 0.387 e. The lowest BCUT2D eigenvalue weighted by Crippen LogP contribution is -3.08. The van der Waals surface area contributed by atoms with Gasteiger partial charge in [0, 0.05) is 11.3 Å². The summed E-state index contributed by atoms with van der Waals surface area (Å²) >= 11 is 0. The van der Waals surface area contributed by atoms with Crippen LogP contribution in [0.5, 0.6) is 5.75 Å². The number of aryl methyl sites for hydroxylation is 1. The van der Waals surface area contributed by atoms with Crippen LogP contribution in [-0.4, -0.2) is 26.1 Å². The van der Waals surface area contributed by atoms with Crippen molar-refractivity contribution in [3.8, 4) is 5.75 Å². The van der Waals surface area contributed by atoms with Gasteiger partial charge in [0.15, 0.2) is 6.54 Å². The summed E-state index contributed by atoms with van der Waals surface area (Å²) in [6.45, 7) is 0.230. The minimum absolute atomic E-state index is 0.0603. The van der Waals surface area contributed by atoms with Gasteiger partial charge in [0.2, 0.25) is 0 Å². The van der Waals surface area contributed by atoms with Crippen molar-refractivity contribution in [1.29, 1.82) is 0 Å². The molecule has 0 aliphatic rings. The predicted molar refractivity (Wildman–Crippen MR) is 88.3 cm³/mol. The molecular formula is C18H21F2N2O2+. The van der Waals surface area contributed by atoms with Crippen LogP contribution in [0.1, 0.15) is 11.1 Å². The third kappa shape index (κ3) is 5.96. The molecule has 0 radical (unpaired) electrons. The van der Waals surface area contributed by atoms with Crippen molar-refractivity contribution in [2.24, 2.45) is 0 Å². The quantitative estimate of drug-likeness (QED) is 0.815. The van der Waals surface area contributed by atoms with Gasteiger partial charge in [0.25, 0.3) is 5.91 Å². The van der Waals surface area contributed by atoms with Crippen LogP contribution in [0.2, 0.25) is 0 Å². The number of halogens is 2. The van der Waals surface area contributed by atoms with Crippen LogP contribution in [0, 0.1) is 6.92 Å². The van der Waals surface area contributed by atoms with E-state index in [9.17, 15) is 13.6 Å². The van der Waals surface area contributed by atoms with Gasteiger partial charge < -0.3 is 15.0 Å². The summed E-state index contributed by atoms with van der Waals surface area (Å²) in [6.07, 6.45) is 0. The van der Waals surface area contributed by atoms with Crippen molar-refractivity contribution in [3.63, 3.8) is 0 Å². The highest BCUT2D eigenvalue weighted by Crippen LogP contribution is 2.17. The SMILES string of the molecule is Cc1ccc(C[NH+](C)CC(=O)Nc2ccc(OC(F)F)cc2)cc1. The van der Waals surface area contributed by atoms with Gasteiger partial charge >= 0.3 is 6.61 Å². The number of likely N-dealkylation sites (N-methyl/N-ethyl adjacent to an activating group) is 1. The molecule has 2 aromatic carbocycles. The van der Waals surface area contributed by atoms with Gasteiger partial charge in [-0.2, -0.15) is 8.78 Å². The molecule has 0 heterocycles. The van der Waals surface area contributed by atoms with E-state index in [-0.39, 0.29) is 11.7 Å². The zero-order valence-corrected chi connectivity index (χ0v) is 13.7. The second-order valence-corrected chi connectivity index (χ2v) is 5.75. The number of nitrogens with one attached hydrogen (secondary N) is 2. The molecule has 2 rings (SSSR count). The minimum atomic E-state index is -2.86. The molecule has 4 nitrogen and oxygen atoms in total. The molecule has 0 aliphatic heterocycles. The fourth-order valence-corrected chi connectivity index (χ4v) is 2.32. The molecule has 0 fully saturated rings. The number of hydrogen-bond acceptors (Lipinski definition) is 2. The first-order valence-electron chi connectivity index (χ1n) is 7.64. The van der Waals surface area contributed by atoms with Gasteiger partial charge in [-0.1, -0.05) is 29.8 Å². The largest absolute Gasteiger partial charge is 0.435 e. The first kappa shape index (κ1) is 17.9. The van der Waals surface area contributed by atoms with Crippen LogP contribution in [0.15, 0.2) is 48.5 Å². The lowest BCUT2D eigenvalue weighted by atomic mass is 10.1. The normalized spacial score (nSPS) is 12.0. The van der Waals surface area contributed by atoms with E-state index in [1.165, 1.54) is 35.4 Å². The third-order valence-corrected chi connectivity index (χ3v) is 3.45. The van der Waals surface area contributed by atoms with E-state index in [1.807, 2.05) is 26.1 Å². The first-order chi connectivity index (χ1) is 11.4. The molecular weight excluding hydrogens is 314 g/mol. The number of hydrogen-bond donors (Lipinski definition) is 2. The monoisotopic (exact) mass is 335 g/mol. The second-order valence-electron chi connectivity index (χ2n) is 5.75. The summed E-state index contributed by atoms with van der Waals surface area (Å²) in [7, 11) is 1.94. The Morgan fingerprint density at radius 3 is 2.33 bits per heavy atom. The van der Waals surface area contributed by atoms with E-state index in [0.29, 0.717) is 12.2 Å². The number of anilines is 1. The Morgan fingerprint density at radius 2 is 1.75 bits per heavy atom. The highest BCUT2D eigenvalue weighted by molar-refractivity contribution is 5.91. The Balaban J connectivity index is 1.82. The fraction of sp³-hybridized carbons (Fsp3) is 0.278. The number of rotatable bonds is 7.